The molecule has 3 nitrogen and oxygen atoms in total. The van der Waals surface area contributed by atoms with Crippen molar-refractivity contribution in [2.24, 2.45) is 0 Å². The average Bonchev–Trinajstić information content (AvgIpc) is 2.55. The van der Waals surface area contributed by atoms with Gasteiger partial charge in [0, 0.05) is 0 Å². The molecule has 128 valence electrons. The standard InChI is InChI=1S/C16H26O.C3H8O2/c1-3-4-5-6-7-8-9-12-15-13-10-11-14-16(15)17-2;1-3(5)2-4/h10-11,13-14H,3-9,12H2,1-2H3;3-5H,2H2,1H3. The van der Waals surface area contributed by atoms with Gasteiger partial charge < -0.3 is 14.9 Å². The first-order valence-corrected chi connectivity index (χ1v) is 8.56. The normalized spacial score (nSPS) is 11.5. The molecule has 0 aliphatic carbocycles. The largest absolute Gasteiger partial charge is 0.496 e. The van der Waals surface area contributed by atoms with E-state index in [-0.39, 0.29) is 6.61 Å². The van der Waals surface area contributed by atoms with E-state index in [0.29, 0.717) is 0 Å². The summed E-state index contributed by atoms with van der Waals surface area (Å²) >= 11 is 0. The van der Waals surface area contributed by atoms with Crippen LogP contribution < -0.4 is 4.74 Å². The molecule has 0 fully saturated rings. The lowest BCUT2D eigenvalue weighted by molar-refractivity contribution is 0.110. The van der Waals surface area contributed by atoms with Gasteiger partial charge in [-0.25, -0.2) is 0 Å². The molecular weight excluding hydrogens is 276 g/mol. The van der Waals surface area contributed by atoms with E-state index in [1.165, 1.54) is 57.4 Å². The highest BCUT2D eigenvalue weighted by atomic mass is 16.5. The predicted octanol–water partition coefficient (Wildman–Crippen LogP) is 4.35. The predicted molar refractivity (Wildman–Crippen MR) is 93.5 cm³/mol. The number of hydrogen-bond donors (Lipinski definition) is 2. The van der Waals surface area contributed by atoms with Gasteiger partial charge in [0.1, 0.15) is 5.75 Å². The fourth-order valence-corrected chi connectivity index (χ4v) is 2.18. The minimum absolute atomic E-state index is 0.139. The summed E-state index contributed by atoms with van der Waals surface area (Å²) < 4.78 is 5.36. The van der Waals surface area contributed by atoms with Crippen molar-refractivity contribution in [3.05, 3.63) is 29.8 Å². The van der Waals surface area contributed by atoms with Gasteiger partial charge >= 0.3 is 0 Å². The first-order chi connectivity index (χ1) is 10.7. The molecular formula is C19H34O3. The molecule has 0 amide bonds. The van der Waals surface area contributed by atoms with E-state index >= 15 is 0 Å². The number of para-hydroxylation sites is 1. The molecule has 0 heterocycles. The third-order valence-electron chi connectivity index (χ3n) is 3.51. The van der Waals surface area contributed by atoms with Crippen molar-refractivity contribution in [1.29, 1.82) is 0 Å². The fourth-order valence-electron chi connectivity index (χ4n) is 2.18. The Hall–Kier alpha value is -1.06. The van der Waals surface area contributed by atoms with E-state index in [9.17, 15) is 0 Å². The number of aliphatic hydroxyl groups is 2. The van der Waals surface area contributed by atoms with Gasteiger partial charge in [-0.05, 0) is 31.4 Å². The summed E-state index contributed by atoms with van der Waals surface area (Å²) in [6.45, 7) is 3.65. The minimum Gasteiger partial charge on any atom is -0.496 e. The molecule has 1 rings (SSSR count). The zero-order valence-electron chi connectivity index (χ0n) is 14.6. The minimum atomic E-state index is -0.560. The van der Waals surface area contributed by atoms with Crippen LogP contribution in [0.5, 0.6) is 5.75 Å². The summed E-state index contributed by atoms with van der Waals surface area (Å²) in [7, 11) is 1.75. The molecule has 1 atom stereocenters. The summed E-state index contributed by atoms with van der Waals surface area (Å²) in [5, 5.41) is 16.0. The molecule has 0 aliphatic heterocycles. The quantitative estimate of drug-likeness (QED) is 0.632. The lowest BCUT2D eigenvalue weighted by Crippen LogP contribution is -2.03. The fraction of sp³-hybridized carbons (Fsp3) is 0.684. The van der Waals surface area contributed by atoms with Crippen LogP contribution >= 0.6 is 0 Å². The summed E-state index contributed by atoms with van der Waals surface area (Å²) in [5.74, 6) is 1.04. The maximum Gasteiger partial charge on any atom is 0.122 e. The second-order valence-corrected chi connectivity index (χ2v) is 5.71. The number of unbranched alkanes of at least 4 members (excludes halogenated alkanes) is 6. The first kappa shape index (κ1) is 20.9. The summed E-state index contributed by atoms with van der Waals surface area (Å²) in [6.07, 6.45) is 10.1. The molecule has 0 aliphatic rings. The zero-order valence-corrected chi connectivity index (χ0v) is 14.6. The van der Waals surface area contributed by atoms with Crippen molar-refractivity contribution >= 4 is 0 Å². The van der Waals surface area contributed by atoms with Crippen LogP contribution in [0.2, 0.25) is 0 Å². The molecule has 0 bridgehead atoms. The Labute approximate surface area is 136 Å². The second kappa shape index (κ2) is 14.9. The molecule has 2 N–H and O–H groups in total. The maximum absolute atomic E-state index is 8.11. The number of ether oxygens (including phenoxy) is 1. The Morgan fingerprint density at radius 1 is 1.00 bits per heavy atom. The average molecular weight is 310 g/mol. The highest BCUT2D eigenvalue weighted by Gasteiger charge is 2.00. The van der Waals surface area contributed by atoms with E-state index in [1.807, 2.05) is 6.07 Å². The lowest BCUT2D eigenvalue weighted by Gasteiger charge is -2.07. The van der Waals surface area contributed by atoms with Crippen molar-refractivity contribution in [2.45, 2.75) is 71.3 Å². The van der Waals surface area contributed by atoms with Gasteiger partial charge in [0.2, 0.25) is 0 Å². The molecule has 0 radical (unpaired) electrons. The number of hydrogen-bond acceptors (Lipinski definition) is 3. The van der Waals surface area contributed by atoms with E-state index in [2.05, 4.69) is 25.1 Å². The van der Waals surface area contributed by atoms with Crippen LogP contribution in [0.3, 0.4) is 0 Å². The second-order valence-electron chi connectivity index (χ2n) is 5.71. The SMILES string of the molecule is CC(O)CO.CCCCCCCCCc1ccccc1OC. The molecule has 1 aromatic carbocycles. The van der Waals surface area contributed by atoms with Gasteiger partial charge in [-0.3, -0.25) is 0 Å². The van der Waals surface area contributed by atoms with Crippen molar-refractivity contribution < 1.29 is 14.9 Å². The highest BCUT2D eigenvalue weighted by Crippen LogP contribution is 2.20. The van der Waals surface area contributed by atoms with Crippen molar-refractivity contribution in [3.63, 3.8) is 0 Å². The molecule has 1 aromatic rings. The highest BCUT2D eigenvalue weighted by molar-refractivity contribution is 5.33. The third-order valence-corrected chi connectivity index (χ3v) is 3.51. The monoisotopic (exact) mass is 310 g/mol. The Morgan fingerprint density at radius 2 is 1.55 bits per heavy atom. The summed E-state index contributed by atoms with van der Waals surface area (Å²) in [4.78, 5) is 0. The molecule has 0 spiro atoms. The number of rotatable bonds is 10. The van der Waals surface area contributed by atoms with Crippen LogP contribution in [-0.4, -0.2) is 30.0 Å². The Kier molecular flexibility index (Phi) is 14.1. The van der Waals surface area contributed by atoms with Gasteiger partial charge in [-0.2, -0.15) is 0 Å². The topological polar surface area (TPSA) is 49.7 Å². The van der Waals surface area contributed by atoms with E-state index in [4.69, 9.17) is 14.9 Å². The molecule has 1 unspecified atom stereocenters. The summed E-state index contributed by atoms with van der Waals surface area (Å²) in [6, 6.07) is 8.36. The van der Waals surface area contributed by atoms with Crippen LogP contribution in [-0.2, 0) is 6.42 Å². The molecule has 0 saturated heterocycles. The van der Waals surface area contributed by atoms with Gasteiger partial charge in [0.15, 0.2) is 0 Å². The molecule has 0 aromatic heterocycles. The van der Waals surface area contributed by atoms with Gasteiger partial charge in [0.25, 0.3) is 0 Å². The van der Waals surface area contributed by atoms with Crippen LogP contribution in [0.4, 0.5) is 0 Å². The lowest BCUT2D eigenvalue weighted by atomic mass is 10.0. The Morgan fingerprint density at radius 3 is 2.09 bits per heavy atom. The van der Waals surface area contributed by atoms with E-state index < -0.39 is 6.10 Å². The van der Waals surface area contributed by atoms with Crippen molar-refractivity contribution in [2.75, 3.05) is 13.7 Å². The van der Waals surface area contributed by atoms with Crippen molar-refractivity contribution in [1.82, 2.24) is 0 Å². The number of aryl methyl sites for hydroxylation is 1. The van der Waals surface area contributed by atoms with Gasteiger partial charge in [-0.1, -0.05) is 63.6 Å². The van der Waals surface area contributed by atoms with Crippen LogP contribution in [0.15, 0.2) is 24.3 Å². The first-order valence-electron chi connectivity index (χ1n) is 8.56. The number of benzene rings is 1. The van der Waals surface area contributed by atoms with Crippen molar-refractivity contribution in [3.8, 4) is 5.75 Å². The van der Waals surface area contributed by atoms with E-state index in [1.54, 1.807) is 7.11 Å². The number of methoxy groups -OCH3 is 1. The third kappa shape index (κ3) is 11.6. The zero-order chi connectivity index (χ0) is 16.6. The number of aliphatic hydroxyl groups excluding tert-OH is 2. The van der Waals surface area contributed by atoms with Crippen LogP contribution in [0, 0.1) is 0 Å². The van der Waals surface area contributed by atoms with Crippen LogP contribution in [0.25, 0.3) is 0 Å². The smallest absolute Gasteiger partial charge is 0.122 e. The maximum atomic E-state index is 8.11. The molecule has 3 heteroatoms. The van der Waals surface area contributed by atoms with Gasteiger partial charge in [0.05, 0.1) is 19.8 Å². The Balaban J connectivity index is 0.000000763. The van der Waals surface area contributed by atoms with Gasteiger partial charge in [-0.15, -0.1) is 0 Å². The van der Waals surface area contributed by atoms with Crippen LogP contribution in [0.1, 0.15) is 64.4 Å². The molecule has 22 heavy (non-hydrogen) atoms. The summed E-state index contributed by atoms with van der Waals surface area (Å²) in [5.41, 5.74) is 1.35. The Bertz CT molecular complexity index is 350. The van der Waals surface area contributed by atoms with E-state index in [0.717, 1.165) is 12.2 Å². The molecule has 0 saturated carbocycles.